The maximum Gasteiger partial charge on any atom is 0.127 e. The smallest absolute Gasteiger partial charge is 0.127 e. The van der Waals surface area contributed by atoms with Crippen molar-refractivity contribution >= 4 is 0 Å². The number of phenols is 1. The molecular weight excluding hydrogens is 205 g/mol. The molecule has 1 aliphatic rings. The van der Waals surface area contributed by atoms with Gasteiger partial charge in [0.2, 0.25) is 0 Å². The summed E-state index contributed by atoms with van der Waals surface area (Å²) in [5.74, 6) is -0.335. The normalized spacial score (nSPS) is 20.9. The SMILES string of the molecule is Oc1cc(F)cc(CCC2CCCCN2)c1. The van der Waals surface area contributed by atoms with Crippen molar-refractivity contribution in [3.05, 3.63) is 29.6 Å². The molecule has 1 unspecified atom stereocenters. The van der Waals surface area contributed by atoms with Crippen molar-refractivity contribution in [1.82, 2.24) is 5.32 Å². The van der Waals surface area contributed by atoms with Crippen molar-refractivity contribution in [3.8, 4) is 5.75 Å². The van der Waals surface area contributed by atoms with E-state index in [1.165, 1.54) is 25.3 Å². The van der Waals surface area contributed by atoms with Crippen molar-refractivity contribution in [2.45, 2.75) is 38.1 Å². The summed E-state index contributed by atoms with van der Waals surface area (Å²) in [5, 5.41) is 12.7. The van der Waals surface area contributed by atoms with Crippen LogP contribution in [0.25, 0.3) is 0 Å². The highest BCUT2D eigenvalue weighted by atomic mass is 19.1. The lowest BCUT2D eigenvalue weighted by atomic mass is 9.98. The van der Waals surface area contributed by atoms with Crippen LogP contribution in [0.2, 0.25) is 0 Å². The topological polar surface area (TPSA) is 32.3 Å². The van der Waals surface area contributed by atoms with Gasteiger partial charge >= 0.3 is 0 Å². The first-order chi connectivity index (χ1) is 7.74. The van der Waals surface area contributed by atoms with E-state index in [1.807, 2.05) is 0 Å². The number of rotatable bonds is 3. The summed E-state index contributed by atoms with van der Waals surface area (Å²) in [7, 11) is 0. The Kier molecular flexibility index (Phi) is 3.78. The summed E-state index contributed by atoms with van der Waals surface area (Å²) in [6.45, 7) is 1.10. The molecule has 1 aromatic rings. The largest absolute Gasteiger partial charge is 0.508 e. The zero-order valence-corrected chi connectivity index (χ0v) is 9.38. The molecule has 1 saturated heterocycles. The molecule has 0 amide bonds. The molecule has 2 nitrogen and oxygen atoms in total. The molecule has 1 fully saturated rings. The summed E-state index contributed by atoms with van der Waals surface area (Å²) in [5.41, 5.74) is 0.880. The van der Waals surface area contributed by atoms with Crippen LogP contribution in [0.5, 0.6) is 5.75 Å². The van der Waals surface area contributed by atoms with Crippen LogP contribution in [0.4, 0.5) is 4.39 Å². The third-order valence-electron chi connectivity index (χ3n) is 3.14. The van der Waals surface area contributed by atoms with Crippen LogP contribution in [0.1, 0.15) is 31.2 Å². The quantitative estimate of drug-likeness (QED) is 0.825. The Hall–Kier alpha value is -1.09. The van der Waals surface area contributed by atoms with Gasteiger partial charge in [0.25, 0.3) is 0 Å². The summed E-state index contributed by atoms with van der Waals surface area (Å²) in [4.78, 5) is 0. The van der Waals surface area contributed by atoms with Crippen molar-refractivity contribution in [3.63, 3.8) is 0 Å². The standard InChI is InChI=1S/C13H18FNO/c14-11-7-10(8-13(16)9-11)4-5-12-3-1-2-6-15-12/h7-9,12,15-16H,1-6H2. The third-order valence-corrected chi connectivity index (χ3v) is 3.14. The molecule has 2 N–H and O–H groups in total. The number of hydrogen-bond donors (Lipinski definition) is 2. The van der Waals surface area contributed by atoms with Crippen LogP contribution >= 0.6 is 0 Å². The Balaban J connectivity index is 1.88. The zero-order chi connectivity index (χ0) is 11.4. The van der Waals surface area contributed by atoms with Crippen LogP contribution in [-0.2, 0) is 6.42 Å². The summed E-state index contributed by atoms with van der Waals surface area (Å²) < 4.78 is 13.0. The fourth-order valence-electron chi connectivity index (χ4n) is 2.29. The van der Waals surface area contributed by atoms with Gasteiger partial charge in [-0.25, -0.2) is 4.39 Å². The predicted octanol–water partition coefficient (Wildman–Crippen LogP) is 2.61. The van der Waals surface area contributed by atoms with Crippen LogP contribution in [-0.4, -0.2) is 17.7 Å². The number of phenolic OH excluding ortho intramolecular Hbond substituents is 1. The minimum absolute atomic E-state index is 0.0200. The molecule has 1 aliphatic heterocycles. The highest BCUT2D eigenvalue weighted by Crippen LogP contribution is 2.18. The van der Waals surface area contributed by atoms with Gasteiger partial charge in [-0.1, -0.05) is 6.42 Å². The Labute approximate surface area is 95.5 Å². The Bertz CT molecular complexity index is 328. The molecule has 0 aliphatic carbocycles. The van der Waals surface area contributed by atoms with E-state index in [2.05, 4.69) is 5.32 Å². The van der Waals surface area contributed by atoms with Crippen LogP contribution in [0.15, 0.2) is 18.2 Å². The highest BCUT2D eigenvalue weighted by Gasteiger charge is 2.12. The lowest BCUT2D eigenvalue weighted by Crippen LogP contribution is -2.34. The summed E-state index contributed by atoms with van der Waals surface area (Å²) in [6, 6.07) is 4.84. The molecule has 0 bridgehead atoms. The lowest BCUT2D eigenvalue weighted by Gasteiger charge is -2.23. The van der Waals surface area contributed by atoms with Crippen LogP contribution in [0, 0.1) is 5.82 Å². The van der Waals surface area contributed by atoms with Crippen molar-refractivity contribution in [2.75, 3.05) is 6.54 Å². The van der Waals surface area contributed by atoms with E-state index in [9.17, 15) is 9.50 Å². The second-order valence-corrected chi connectivity index (χ2v) is 4.50. The number of aryl methyl sites for hydroxylation is 1. The molecule has 2 rings (SSSR count). The lowest BCUT2D eigenvalue weighted by molar-refractivity contribution is 0.382. The summed E-state index contributed by atoms with van der Waals surface area (Å²) >= 11 is 0. The zero-order valence-electron chi connectivity index (χ0n) is 9.38. The van der Waals surface area contributed by atoms with Gasteiger partial charge in [-0.15, -0.1) is 0 Å². The van der Waals surface area contributed by atoms with Gasteiger partial charge in [0.1, 0.15) is 11.6 Å². The Morgan fingerprint density at radius 3 is 2.88 bits per heavy atom. The number of benzene rings is 1. The third kappa shape index (κ3) is 3.20. The second-order valence-electron chi connectivity index (χ2n) is 4.50. The summed E-state index contributed by atoms with van der Waals surface area (Å²) in [6.07, 6.45) is 5.59. The predicted molar refractivity (Wildman–Crippen MR) is 62.0 cm³/mol. The molecule has 0 aromatic heterocycles. The van der Waals surface area contributed by atoms with Crippen LogP contribution in [0.3, 0.4) is 0 Å². The number of nitrogens with one attached hydrogen (secondary N) is 1. The van der Waals surface area contributed by atoms with Crippen molar-refractivity contribution in [1.29, 1.82) is 0 Å². The van der Waals surface area contributed by atoms with Crippen molar-refractivity contribution < 1.29 is 9.50 Å². The van der Waals surface area contributed by atoms with Crippen molar-refractivity contribution in [2.24, 2.45) is 0 Å². The van der Waals surface area contributed by atoms with E-state index >= 15 is 0 Å². The van der Waals surface area contributed by atoms with Gasteiger partial charge < -0.3 is 10.4 Å². The molecule has 0 radical (unpaired) electrons. The first-order valence-corrected chi connectivity index (χ1v) is 5.96. The molecule has 88 valence electrons. The van der Waals surface area contributed by atoms with Crippen LogP contribution < -0.4 is 5.32 Å². The second kappa shape index (κ2) is 5.30. The van der Waals surface area contributed by atoms with E-state index in [0.717, 1.165) is 31.0 Å². The van der Waals surface area contributed by atoms with E-state index in [-0.39, 0.29) is 11.6 Å². The molecule has 3 heteroatoms. The number of aromatic hydroxyl groups is 1. The first-order valence-electron chi connectivity index (χ1n) is 5.96. The van der Waals surface area contributed by atoms with E-state index in [4.69, 9.17) is 0 Å². The fourth-order valence-corrected chi connectivity index (χ4v) is 2.29. The Morgan fingerprint density at radius 1 is 1.31 bits per heavy atom. The van der Waals surface area contributed by atoms with Gasteiger partial charge in [0.15, 0.2) is 0 Å². The minimum Gasteiger partial charge on any atom is -0.508 e. The van der Waals surface area contributed by atoms with Gasteiger partial charge in [-0.2, -0.15) is 0 Å². The monoisotopic (exact) mass is 223 g/mol. The molecule has 16 heavy (non-hydrogen) atoms. The van der Waals surface area contributed by atoms with E-state index in [1.54, 1.807) is 6.07 Å². The molecule has 1 heterocycles. The molecule has 1 atom stereocenters. The van der Waals surface area contributed by atoms with E-state index < -0.39 is 0 Å². The molecule has 1 aromatic carbocycles. The molecule has 0 spiro atoms. The maximum atomic E-state index is 13.0. The first kappa shape index (κ1) is 11.4. The van der Waals surface area contributed by atoms with Gasteiger partial charge in [-0.3, -0.25) is 0 Å². The number of hydrogen-bond acceptors (Lipinski definition) is 2. The minimum atomic E-state index is -0.355. The molecular formula is C13H18FNO. The Morgan fingerprint density at radius 2 is 2.19 bits per heavy atom. The molecule has 0 saturated carbocycles. The van der Waals surface area contributed by atoms with Gasteiger partial charge in [0, 0.05) is 12.1 Å². The van der Waals surface area contributed by atoms with Gasteiger partial charge in [0.05, 0.1) is 0 Å². The van der Waals surface area contributed by atoms with Gasteiger partial charge in [-0.05, 0) is 49.9 Å². The average Bonchev–Trinajstić information content (AvgIpc) is 2.27. The number of piperidine rings is 1. The van der Waals surface area contributed by atoms with E-state index in [0.29, 0.717) is 6.04 Å². The maximum absolute atomic E-state index is 13.0. The number of halogens is 1. The fraction of sp³-hybridized carbons (Fsp3) is 0.538. The average molecular weight is 223 g/mol. The highest BCUT2D eigenvalue weighted by molar-refractivity contribution is 5.28.